The van der Waals surface area contributed by atoms with Gasteiger partial charge in [-0.15, -0.1) is 0 Å². The molecule has 0 N–H and O–H groups in total. The van der Waals surface area contributed by atoms with Gasteiger partial charge in [0.1, 0.15) is 0 Å². The molecular weight excluding hydrogens is 294 g/mol. The van der Waals surface area contributed by atoms with Crippen LogP contribution in [-0.4, -0.2) is 12.2 Å². The Morgan fingerprint density at radius 3 is 1.39 bits per heavy atom. The standard InChI is InChI=1S/C12H27O2PS2.Na/c1-9(2)7-11(5)13-15(16,17)14-12(6)8-10(3)4;/h9-12H,7-8H2,1-6H3,(H,16,17);/q;+1/p-1. The van der Waals surface area contributed by atoms with E-state index in [9.17, 15) is 0 Å². The van der Waals surface area contributed by atoms with E-state index < -0.39 is 5.69 Å². The van der Waals surface area contributed by atoms with Crippen LogP contribution >= 0.6 is 5.69 Å². The molecule has 2 nitrogen and oxygen atoms in total. The average Bonchev–Trinajstić information content (AvgIpc) is 1.95. The van der Waals surface area contributed by atoms with Crippen molar-refractivity contribution in [3.8, 4) is 0 Å². The second kappa shape index (κ2) is 10.6. The van der Waals surface area contributed by atoms with Crippen LogP contribution in [0.3, 0.4) is 0 Å². The van der Waals surface area contributed by atoms with E-state index in [1.165, 1.54) is 0 Å². The van der Waals surface area contributed by atoms with Gasteiger partial charge in [0.25, 0.3) is 0 Å². The fourth-order valence-corrected chi connectivity index (χ4v) is 4.75. The minimum Gasteiger partial charge on any atom is -0.691 e. The van der Waals surface area contributed by atoms with E-state index >= 15 is 0 Å². The fraction of sp³-hybridized carbons (Fsp3) is 1.00. The molecule has 0 fully saturated rings. The van der Waals surface area contributed by atoms with Crippen LogP contribution in [0.5, 0.6) is 0 Å². The summed E-state index contributed by atoms with van der Waals surface area (Å²) < 4.78 is 11.4. The predicted molar refractivity (Wildman–Crippen MR) is 81.7 cm³/mol. The quantitative estimate of drug-likeness (QED) is 0.384. The first-order valence-corrected chi connectivity index (χ1v) is 9.95. The Balaban J connectivity index is 0. The minimum absolute atomic E-state index is 0. The van der Waals surface area contributed by atoms with Gasteiger partial charge in [0.2, 0.25) is 0 Å². The third kappa shape index (κ3) is 12.9. The summed E-state index contributed by atoms with van der Waals surface area (Å²) in [4.78, 5) is 0. The third-order valence-corrected chi connectivity index (χ3v) is 4.49. The van der Waals surface area contributed by atoms with E-state index in [1.54, 1.807) is 0 Å². The number of hydrogen-bond acceptors (Lipinski definition) is 4. The van der Waals surface area contributed by atoms with Gasteiger partial charge in [0.15, 0.2) is 0 Å². The summed E-state index contributed by atoms with van der Waals surface area (Å²) in [7, 11) is 0. The van der Waals surface area contributed by atoms with Crippen molar-refractivity contribution in [2.24, 2.45) is 11.8 Å². The second-order valence-electron chi connectivity index (χ2n) is 5.54. The molecule has 0 aromatic heterocycles. The molecule has 0 aliphatic rings. The van der Waals surface area contributed by atoms with Gasteiger partial charge in [-0.3, -0.25) is 0 Å². The van der Waals surface area contributed by atoms with Gasteiger partial charge in [0, 0.05) is 0 Å². The molecule has 0 rings (SSSR count). The van der Waals surface area contributed by atoms with Gasteiger partial charge in [0.05, 0.1) is 17.9 Å². The topological polar surface area (TPSA) is 18.5 Å². The molecule has 0 bridgehead atoms. The van der Waals surface area contributed by atoms with Gasteiger partial charge in [-0.1, -0.05) is 39.5 Å². The molecule has 0 aromatic rings. The van der Waals surface area contributed by atoms with Crippen LogP contribution in [0.4, 0.5) is 0 Å². The zero-order valence-electron chi connectivity index (χ0n) is 12.8. The molecule has 0 radical (unpaired) electrons. The summed E-state index contributed by atoms with van der Waals surface area (Å²) in [5.41, 5.74) is -2.50. The Labute approximate surface area is 146 Å². The van der Waals surface area contributed by atoms with E-state index in [2.05, 4.69) is 27.7 Å². The van der Waals surface area contributed by atoms with Crippen molar-refractivity contribution < 1.29 is 38.6 Å². The summed E-state index contributed by atoms with van der Waals surface area (Å²) in [6, 6.07) is 0. The van der Waals surface area contributed by atoms with Crippen molar-refractivity contribution in [2.45, 2.75) is 66.6 Å². The molecule has 104 valence electrons. The molecule has 0 saturated heterocycles. The van der Waals surface area contributed by atoms with Crippen molar-refractivity contribution in [2.75, 3.05) is 0 Å². The van der Waals surface area contributed by atoms with Crippen molar-refractivity contribution in [1.82, 2.24) is 0 Å². The number of rotatable bonds is 8. The maximum atomic E-state index is 5.72. The monoisotopic (exact) mass is 320 g/mol. The SMILES string of the molecule is CC(C)CC(C)OP(=S)([S-])OC(C)CC(C)C.[Na+]. The Morgan fingerprint density at radius 1 is 0.889 bits per heavy atom. The summed E-state index contributed by atoms with van der Waals surface area (Å²) >= 11 is 10.6. The molecule has 0 aromatic carbocycles. The first kappa shape index (κ1) is 22.2. The van der Waals surface area contributed by atoms with Crippen LogP contribution in [0, 0.1) is 11.8 Å². The van der Waals surface area contributed by atoms with Crippen molar-refractivity contribution in [1.29, 1.82) is 0 Å². The first-order valence-electron chi connectivity index (χ1n) is 6.30. The van der Waals surface area contributed by atoms with E-state index in [-0.39, 0.29) is 41.8 Å². The molecule has 2 atom stereocenters. The molecule has 6 heteroatoms. The summed E-state index contributed by atoms with van der Waals surface area (Å²) in [6.45, 7) is 12.7. The minimum atomic E-state index is -2.50. The second-order valence-corrected chi connectivity index (χ2v) is 10.4. The van der Waals surface area contributed by atoms with Gasteiger partial charge >= 0.3 is 29.6 Å². The van der Waals surface area contributed by atoms with E-state index in [0.717, 1.165) is 12.8 Å². The fourth-order valence-electron chi connectivity index (χ4n) is 1.88. The molecule has 0 saturated carbocycles. The maximum absolute atomic E-state index is 5.72. The molecule has 18 heavy (non-hydrogen) atoms. The molecule has 0 amide bonds. The van der Waals surface area contributed by atoms with Gasteiger partial charge in [-0.05, 0) is 38.5 Å². The van der Waals surface area contributed by atoms with E-state index in [1.807, 2.05) is 13.8 Å². The molecule has 0 heterocycles. The van der Waals surface area contributed by atoms with Crippen LogP contribution < -0.4 is 29.6 Å². The third-order valence-electron chi connectivity index (χ3n) is 2.22. The smallest absolute Gasteiger partial charge is 0.691 e. The Bertz CT molecular complexity index is 240. The van der Waals surface area contributed by atoms with E-state index in [0.29, 0.717) is 11.8 Å². The molecular formula is C12H26NaO2PS2. The molecule has 0 aliphatic heterocycles. The van der Waals surface area contributed by atoms with Gasteiger partial charge < -0.3 is 21.3 Å². The molecule has 2 unspecified atom stereocenters. The Morgan fingerprint density at radius 2 is 1.17 bits per heavy atom. The predicted octanol–water partition coefficient (Wildman–Crippen LogP) is 1.66. The normalized spacial score (nSPS) is 18.3. The maximum Gasteiger partial charge on any atom is 1.00 e. The number of hydrogen-bond donors (Lipinski definition) is 0. The molecule has 0 aliphatic carbocycles. The van der Waals surface area contributed by atoms with Crippen LogP contribution in [-0.2, 0) is 33.1 Å². The molecule has 0 spiro atoms. The van der Waals surface area contributed by atoms with Crippen LogP contribution in [0.15, 0.2) is 0 Å². The zero-order chi connectivity index (χ0) is 13.6. The van der Waals surface area contributed by atoms with Crippen molar-refractivity contribution in [3.05, 3.63) is 0 Å². The van der Waals surface area contributed by atoms with Crippen LogP contribution in [0.2, 0.25) is 0 Å². The Hall–Kier alpha value is 1.92. The average molecular weight is 320 g/mol. The van der Waals surface area contributed by atoms with E-state index in [4.69, 9.17) is 33.1 Å². The summed E-state index contributed by atoms with van der Waals surface area (Å²) in [5, 5.41) is 0. The van der Waals surface area contributed by atoms with Crippen molar-refractivity contribution >= 4 is 29.7 Å². The zero-order valence-corrected chi connectivity index (χ0v) is 17.3. The van der Waals surface area contributed by atoms with Gasteiger partial charge in [-0.2, -0.15) is 0 Å². The summed E-state index contributed by atoms with van der Waals surface area (Å²) in [6.07, 6.45) is 2.11. The largest absolute Gasteiger partial charge is 1.00 e. The van der Waals surface area contributed by atoms with Crippen molar-refractivity contribution in [3.63, 3.8) is 0 Å². The van der Waals surface area contributed by atoms with Gasteiger partial charge in [-0.25, -0.2) is 0 Å². The Kier molecular flexibility index (Phi) is 13.1. The van der Waals surface area contributed by atoms with Crippen LogP contribution in [0.1, 0.15) is 54.4 Å². The first-order chi connectivity index (χ1) is 7.62. The summed E-state index contributed by atoms with van der Waals surface area (Å²) in [5.74, 6) is 1.17. The van der Waals surface area contributed by atoms with Crippen LogP contribution in [0.25, 0.3) is 0 Å².